The molecule has 16 heavy (non-hydrogen) atoms. The Balaban J connectivity index is 2.87. The molecular weight excluding hydrogens is 200 g/mol. The number of nitrogens with zero attached hydrogens (tertiary/aromatic N) is 1. The molecule has 1 N–H and O–H groups in total. The maximum absolute atomic E-state index is 5.38. The van der Waals surface area contributed by atoms with Crippen molar-refractivity contribution in [2.75, 3.05) is 13.7 Å². The molecule has 1 aromatic rings. The van der Waals surface area contributed by atoms with Gasteiger partial charge in [-0.15, -0.1) is 12.3 Å². The first-order valence-corrected chi connectivity index (χ1v) is 5.49. The van der Waals surface area contributed by atoms with E-state index in [1.54, 1.807) is 13.3 Å². The fraction of sp³-hybridized carbons (Fsp3) is 0.462. The molecule has 86 valence electrons. The zero-order valence-corrected chi connectivity index (χ0v) is 9.86. The van der Waals surface area contributed by atoms with Gasteiger partial charge in [0.1, 0.15) is 0 Å². The van der Waals surface area contributed by atoms with Gasteiger partial charge in [-0.25, -0.2) is 4.98 Å². The molecule has 1 atom stereocenters. The minimum Gasteiger partial charge on any atom is -0.481 e. The van der Waals surface area contributed by atoms with Crippen molar-refractivity contribution in [1.82, 2.24) is 10.3 Å². The van der Waals surface area contributed by atoms with Gasteiger partial charge in [-0.1, -0.05) is 13.0 Å². The first kappa shape index (κ1) is 12.5. The van der Waals surface area contributed by atoms with Crippen molar-refractivity contribution in [3.63, 3.8) is 0 Å². The monoisotopic (exact) mass is 218 g/mol. The SMILES string of the molecule is C#CCC(NCCC)c1cccnc1OC. The Morgan fingerprint density at radius 3 is 3.06 bits per heavy atom. The number of hydrogen-bond acceptors (Lipinski definition) is 3. The van der Waals surface area contributed by atoms with Crippen LogP contribution in [0.25, 0.3) is 0 Å². The lowest BCUT2D eigenvalue weighted by Gasteiger charge is -2.18. The molecule has 3 heteroatoms. The first-order chi connectivity index (χ1) is 7.83. The molecule has 0 aliphatic carbocycles. The predicted octanol–water partition coefficient (Wildman–Crippen LogP) is 2.15. The third-order valence-electron chi connectivity index (χ3n) is 2.33. The Labute approximate surface area is 97.2 Å². The van der Waals surface area contributed by atoms with Crippen LogP contribution in [-0.2, 0) is 0 Å². The van der Waals surface area contributed by atoms with Crippen LogP contribution in [0.15, 0.2) is 18.3 Å². The highest BCUT2D eigenvalue weighted by atomic mass is 16.5. The van der Waals surface area contributed by atoms with E-state index in [0.29, 0.717) is 12.3 Å². The quantitative estimate of drug-likeness (QED) is 0.743. The lowest BCUT2D eigenvalue weighted by Crippen LogP contribution is -2.22. The summed E-state index contributed by atoms with van der Waals surface area (Å²) in [6, 6.07) is 4.01. The summed E-state index contributed by atoms with van der Waals surface area (Å²) in [7, 11) is 1.62. The molecule has 1 unspecified atom stereocenters. The molecule has 0 radical (unpaired) electrons. The molecule has 0 saturated heterocycles. The van der Waals surface area contributed by atoms with Gasteiger partial charge in [0, 0.05) is 24.2 Å². The van der Waals surface area contributed by atoms with Crippen molar-refractivity contribution in [2.24, 2.45) is 0 Å². The number of aromatic nitrogens is 1. The van der Waals surface area contributed by atoms with E-state index in [2.05, 4.69) is 23.1 Å². The van der Waals surface area contributed by atoms with E-state index >= 15 is 0 Å². The van der Waals surface area contributed by atoms with Crippen molar-refractivity contribution < 1.29 is 4.74 Å². The van der Waals surface area contributed by atoms with Crippen molar-refractivity contribution in [2.45, 2.75) is 25.8 Å². The smallest absolute Gasteiger partial charge is 0.217 e. The topological polar surface area (TPSA) is 34.2 Å². The molecule has 3 nitrogen and oxygen atoms in total. The molecule has 0 aliphatic rings. The third kappa shape index (κ3) is 3.25. The van der Waals surface area contributed by atoms with Crippen LogP contribution in [0.3, 0.4) is 0 Å². The highest BCUT2D eigenvalue weighted by molar-refractivity contribution is 5.29. The number of nitrogens with one attached hydrogen (secondary N) is 1. The van der Waals surface area contributed by atoms with Crippen LogP contribution >= 0.6 is 0 Å². The van der Waals surface area contributed by atoms with Crippen molar-refractivity contribution in [1.29, 1.82) is 0 Å². The van der Waals surface area contributed by atoms with Crippen molar-refractivity contribution >= 4 is 0 Å². The van der Waals surface area contributed by atoms with Crippen LogP contribution in [0.2, 0.25) is 0 Å². The van der Waals surface area contributed by atoms with Crippen LogP contribution in [0.5, 0.6) is 5.88 Å². The zero-order valence-electron chi connectivity index (χ0n) is 9.86. The van der Waals surface area contributed by atoms with Gasteiger partial charge in [0.2, 0.25) is 5.88 Å². The summed E-state index contributed by atoms with van der Waals surface area (Å²) in [5, 5.41) is 3.40. The molecule has 0 fully saturated rings. The van der Waals surface area contributed by atoms with Gasteiger partial charge in [-0.2, -0.15) is 0 Å². The molecule has 0 bridgehead atoms. The molecule has 0 amide bonds. The number of ether oxygens (including phenoxy) is 1. The summed E-state index contributed by atoms with van der Waals surface area (Å²) >= 11 is 0. The molecule has 0 aromatic carbocycles. The van der Waals surface area contributed by atoms with E-state index in [1.807, 2.05) is 12.1 Å². The molecular formula is C13H18N2O. The van der Waals surface area contributed by atoms with E-state index in [9.17, 15) is 0 Å². The molecule has 1 rings (SSSR count). The Morgan fingerprint density at radius 1 is 1.62 bits per heavy atom. The molecule has 0 spiro atoms. The second kappa shape index (κ2) is 6.86. The highest BCUT2D eigenvalue weighted by Crippen LogP contribution is 2.24. The predicted molar refractivity (Wildman–Crippen MR) is 65.3 cm³/mol. The maximum Gasteiger partial charge on any atom is 0.217 e. The number of terminal acetylenes is 1. The fourth-order valence-corrected chi connectivity index (χ4v) is 1.57. The molecule has 1 aromatic heterocycles. The summed E-state index contributed by atoms with van der Waals surface area (Å²) in [6.45, 7) is 3.06. The largest absolute Gasteiger partial charge is 0.481 e. The normalized spacial score (nSPS) is 11.8. The number of hydrogen-bond donors (Lipinski definition) is 1. The van der Waals surface area contributed by atoms with Crippen LogP contribution in [0, 0.1) is 12.3 Å². The van der Waals surface area contributed by atoms with E-state index in [1.165, 1.54) is 0 Å². The fourth-order valence-electron chi connectivity index (χ4n) is 1.57. The van der Waals surface area contributed by atoms with Gasteiger partial charge in [0.05, 0.1) is 7.11 Å². The minimum absolute atomic E-state index is 0.119. The third-order valence-corrected chi connectivity index (χ3v) is 2.33. The van der Waals surface area contributed by atoms with Gasteiger partial charge < -0.3 is 10.1 Å². The summed E-state index contributed by atoms with van der Waals surface area (Å²) in [5.74, 6) is 3.33. The van der Waals surface area contributed by atoms with Crippen LogP contribution in [0.1, 0.15) is 31.4 Å². The zero-order chi connectivity index (χ0) is 11.8. The first-order valence-electron chi connectivity index (χ1n) is 5.49. The Kier molecular flexibility index (Phi) is 5.38. The summed E-state index contributed by atoms with van der Waals surface area (Å²) < 4.78 is 5.23. The van der Waals surface area contributed by atoms with Gasteiger partial charge >= 0.3 is 0 Å². The highest BCUT2D eigenvalue weighted by Gasteiger charge is 2.14. The van der Waals surface area contributed by atoms with Crippen LogP contribution in [-0.4, -0.2) is 18.6 Å². The lowest BCUT2D eigenvalue weighted by atomic mass is 10.1. The molecule has 0 aliphatic heterocycles. The molecule has 1 heterocycles. The standard InChI is InChI=1S/C13H18N2O/c1-4-7-12(14-9-5-2)11-8-6-10-15-13(11)16-3/h1,6,8,10,12,14H,5,7,9H2,2-3H3. The lowest BCUT2D eigenvalue weighted by molar-refractivity contribution is 0.382. The summed E-state index contributed by atoms with van der Waals surface area (Å²) in [5.41, 5.74) is 1.02. The second-order valence-corrected chi connectivity index (χ2v) is 3.52. The maximum atomic E-state index is 5.38. The van der Waals surface area contributed by atoms with Gasteiger partial charge in [-0.05, 0) is 19.0 Å². The second-order valence-electron chi connectivity index (χ2n) is 3.52. The average Bonchev–Trinajstić information content (AvgIpc) is 2.34. The summed E-state index contributed by atoms with van der Waals surface area (Å²) in [6.07, 6.45) is 8.81. The van der Waals surface area contributed by atoms with Crippen molar-refractivity contribution in [3.8, 4) is 18.2 Å². The van der Waals surface area contributed by atoms with E-state index in [-0.39, 0.29) is 6.04 Å². The average molecular weight is 218 g/mol. The Morgan fingerprint density at radius 2 is 2.44 bits per heavy atom. The van der Waals surface area contributed by atoms with Gasteiger partial charge in [0.15, 0.2) is 0 Å². The number of rotatable bonds is 6. The Bertz CT molecular complexity index is 357. The van der Waals surface area contributed by atoms with Gasteiger partial charge in [0.25, 0.3) is 0 Å². The minimum atomic E-state index is 0.119. The molecule has 0 saturated carbocycles. The van der Waals surface area contributed by atoms with E-state index in [0.717, 1.165) is 18.5 Å². The summed E-state index contributed by atoms with van der Waals surface area (Å²) in [4.78, 5) is 4.18. The van der Waals surface area contributed by atoms with Crippen LogP contribution in [0.4, 0.5) is 0 Å². The number of methoxy groups -OCH3 is 1. The Hall–Kier alpha value is -1.53. The number of pyridine rings is 1. The van der Waals surface area contributed by atoms with Crippen molar-refractivity contribution in [3.05, 3.63) is 23.9 Å². The van der Waals surface area contributed by atoms with Gasteiger partial charge in [-0.3, -0.25) is 0 Å². The van der Waals surface area contributed by atoms with E-state index in [4.69, 9.17) is 11.2 Å². The van der Waals surface area contributed by atoms with E-state index < -0.39 is 0 Å². The van der Waals surface area contributed by atoms with Crippen LogP contribution < -0.4 is 10.1 Å².